The predicted octanol–water partition coefficient (Wildman–Crippen LogP) is 1.54. The van der Waals surface area contributed by atoms with Gasteiger partial charge in [0.2, 0.25) is 11.8 Å². The summed E-state index contributed by atoms with van der Waals surface area (Å²) >= 11 is 0. The van der Waals surface area contributed by atoms with Gasteiger partial charge < -0.3 is 14.8 Å². The molecule has 0 aliphatic carbocycles. The molecule has 0 aromatic carbocycles. The van der Waals surface area contributed by atoms with Crippen LogP contribution >= 0.6 is 0 Å². The number of piperidine rings is 1. The lowest BCUT2D eigenvalue weighted by Crippen LogP contribution is -2.53. The summed E-state index contributed by atoms with van der Waals surface area (Å²) in [6.07, 6.45) is 1.86. The van der Waals surface area contributed by atoms with Crippen molar-refractivity contribution in [3.63, 3.8) is 0 Å². The number of hydrogen-bond donors (Lipinski definition) is 1. The predicted molar refractivity (Wildman–Crippen MR) is 99.8 cm³/mol. The lowest BCUT2D eigenvalue weighted by Gasteiger charge is -2.35. The van der Waals surface area contributed by atoms with Gasteiger partial charge >= 0.3 is 6.09 Å². The molecule has 0 radical (unpaired) electrons. The third kappa shape index (κ3) is 4.49. The number of ether oxygens (including phenoxy) is 2. The first kappa shape index (κ1) is 19.8. The molecule has 1 saturated heterocycles. The van der Waals surface area contributed by atoms with Gasteiger partial charge in [0.05, 0.1) is 13.7 Å². The molecule has 3 heterocycles. The summed E-state index contributed by atoms with van der Waals surface area (Å²) in [6.45, 7) is 6.06. The summed E-state index contributed by atoms with van der Waals surface area (Å²) in [7, 11) is 1.52. The molecule has 2 amide bonds. The van der Waals surface area contributed by atoms with E-state index in [-0.39, 0.29) is 12.5 Å². The normalized spacial score (nSPS) is 17.4. The van der Waals surface area contributed by atoms with Crippen LogP contribution in [0.4, 0.5) is 4.79 Å². The van der Waals surface area contributed by atoms with Crippen LogP contribution in [0.3, 0.4) is 0 Å². The van der Waals surface area contributed by atoms with Crippen molar-refractivity contribution < 1.29 is 19.1 Å². The van der Waals surface area contributed by atoms with Crippen molar-refractivity contribution in [1.82, 2.24) is 30.0 Å². The summed E-state index contributed by atoms with van der Waals surface area (Å²) in [5, 5.41) is 15.2. The third-order valence-electron chi connectivity index (χ3n) is 4.37. The van der Waals surface area contributed by atoms with Gasteiger partial charge in [-0.15, -0.1) is 15.3 Å². The molecule has 0 saturated carbocycles. The second-order valence-corrected chi connectivity index (χ2v) is 7.67. The van der Waals surface area contributed by atoms with E-state index in [4.69, 9.17) is 9.47 Å². The second kappa shape index (κ2) is 7.99. The maximum atomic E-state index is 12.8. The maximum absolute atomic E-state index is 12.8. The van der Waals surface area contributed by atoms with E-state index in [2.05, 4.69) is 20.6 Å². The van der Waals surface area contributed by atoms with Gasteiger partial charge in [0.1, 0.15) is 11.6 Å². The van der Waals surface area contributed by atoms with Crippen LogP contribution in [0.15, 0.2) is 12.1 Å². The quantitative estimate of drug-likeness (QED) is 0.843. The summed E-state index contributed by atoms with van der Waals surface area (Å²) < 4.78 is 12.1. The van der Waals surface area contributed by atoms with Gasteiger partial charge in [-0.2, -0.15) is 4.52 Å². The van der Waals surface area contributed by atoms with Crippen LogP contribution in [0.5, 0.6) is 5.88 Å². The van der Waals surface area contributed by atoms with Crippen LogP contribution < -0.4 is 10.1 Å². The molecule has 152 valence electrons. The Bertz CT molecular complexity index is 859. The van der Waals surface area contributed by atoms with Crippen LogP contribution in [0.2, 0.25) is 0 Å². The molecule has 0 unspecified atom stereocenters. The number of likely N-dealkylation sites (tertiary alicyclic amines) is 1. The smallest absolute Gasteiger partial charge is 0.410 e. The third-order valence-corrected chi connectivity index (χ3v) is 4.37. The highest BCUT2D eigenvalue weighted by atomic mass is 16.6. The molecule has 10 heteroatoms. The standard InChI is InChI=1S/C18H26N6O4/c1-18(2,3)28-17(26)23-10-6-5-7-12(23)16(25)19-11-14-21-20-13-8-9-15(27-4)22-24(13)14/h8-9,12H,5-7,10-11H2,1-4H3,(H,19,25)/t12-/m0/s1. The number of fused-ring (bicyclic) bond motifs is 1. The fourth-order valence-corrected chi connectivity index (χ4v) is 3.06. The van der Waals surface area contributed by atoms with E-state index < -0.39 is 17.7 Å². The number of rotatable bonds is 4. The number of carbonyl (C=O) groups excluding carboxylic acids is 2. The Balaban J connectivity index is 1.68. The van der Waals surface area contributed by atoms with E-state index in [1.807, 2.05) is 20.8 Å². The Morgan fingerprint density at radius 3 is 2.75 bits per heavy atom. The highest BCUT2D eigenvalue weighted by Gasteiger charge is 2.34. The highest BCUT2D eigenvalue weighted by molar-refractivity contribution is 5.85. The summed E-state index contributed by atoms with van der Waals surface area (Å²) in [5.41, 5.74) is -0.0566. The molecule has 28 heavy (non-hydrogen) atoms. The van der Waals surface area contributed by atoms with Gasteiger partial charge in [-0.25, -0.2) is 4.79 Å². The molecule has 0 spiro atoms. The van der Waals surface area contributed by atoms with Crippen molar-refractivity contribution in [2.45, 2.75) is 58.2 Å². The second-order valence-electron chi connectivity index (χ2n) is 7.67. The van der Waals surface area contributed by atoms with Crippen LogP contribution in [0, 0.1) is 0 Å². The molecule has 10 nitrogen and oxygen atoms in total. The van der Waals surface area contributed by atoms with E-state index in [0.29, 0.717) is 30.3 Å². The summed E-state index contributed by atoms with van der Waals surface area (Å²) in [5.74, 6) is 0.648. The molecule has 1 atom stereocenters. The Labute approximate surface area is 163 Å². The highest BCUT2D eigenvalue weighted by Crippen LogP contribution is 2.20. The molecule has 2 aromatic rings. The van der Waals surface area contributed by atoms with E-state index in [9.17, 15) is 9.59 Å². The van der Waals surface area contributed by atoms with E-state index >= 15 is 0 Å². The number of nitrogens with one attached hydrogen (secondary N) is 1. The summed E-state index contributed by atoms with van der Waals surface area (Å²) in [6, 6.07) is 2.85. The lowest BCUT2D eigenvalue weighted by molar-refractivity contribution is -0.127. The minimum atomic E-state index is -0.610. The number of hydrogen-bond acceptors (Lipinski definition) is 7. The van der Waals surface area contributed by atoms with Gasteiger partial charge in [0.15, 0.2) is 11.5 Å². The molecule has 3 rings (SSSR count). The topological polar surface area (TPSA) is 111 Å². The zero-order valence-electron chi connectivity index (χ0n) is 16.6. The van der Waals surface area contributed by atoms with Gasteiger partial charge in [0.25, 0.3) is 0 Å². The largest absolute Gasteiger partial charge is 0.480 e. The van der Waals surface area contributed by atoms with Crippen LogP contribution in [0.25, 0.3) is 5.65 Å². The number of methoxy groups -OCH3 is 1. The number of carbonyl (C=O) groups is 2. The average Bonchev–Trinajstić information content (AvgIpc) is 3.06. The molecule has 0 bridgehead atoms. The minimum Gasteiger partial charge on any atom is -0.480 e. The molecule has 1 aliphatic rings. The Morgan fingerprint density at radius 2 is 2.04 bits per heavy atom. The fraction of sp³-hybridized carbons (Fsp3) is 0.611. The molecular weight excluding hydrogens is 364 g/mol. The zero-order chi connectivity index (χ0) is 20.3. The minimum absolute atomic E-state index is 0.138. The summed E-state index contributed by atoms with van der Waals surface area (Å²) in [4.78, 5) is 26.8. The van der Waals surface area contributed by atoms with Gasteiger partial charge in [0, 0.05) is 12.6 Å². The first-order valence-electron chi connectivity index (χ1n) is 9.31. The van der Waals surface area contributed by atoms with Gasteiger partial charge in [-0.1, -0.05) is 0 Å². The fourth-order valence-electron chi connectivity index (χ4n) is 3.06. The van der Waals surface area contributed by atoms with E-state index in [1.165, 1.54) is 16.5 Å². The van der Waals surface area contributed by atoms with Gasteiger partial charge in [-0.3, -0.25) is 9.69 Å². The first-order chi connectivity index (χ1) is 13.3. The van der Waals surface area contributed by atoms with Crippen LogP contribution in [0.1, 0.15) is 45.9 Å². The molecule has 2 aromatic heterocycles. The Hall–Kier alpha value is -2.91. The van der Waals surface area contributed by atoms with E-state index in [0.717, 1.165) is 12.8 Å². The maximum Gasteiger partial charge on any atom is 0.410 e. The number of amides is 2. The van der Waals surface area contributed by atoms with E-state index in [1.54, 1.807) is 12.1 Å². The Morgan fingerprint density at radius 1 is 1.25 bits per heavy atom. The zero-order valence-corrected chi connectivity index (χ0v) is 16.6. The van der Waals surface area contributed by atoms with Crippen molar-refractivity contribution >= 4 is 17.6 Å². The van der Waals surface area contributed by atoms with Crippen molar-refractivity contribution in [3.05, 3.63) is 18.0 Å². The van der Waals surface area contributed by atoms with Crippen molar-refractivity contribution in [1.29, 1.82) is 0 Å². The first-order valence-corrected chi connectivity index (χ1v) is 9.31. The van der Waals surface area contributed by atoms with Crippen molar-refractivity contribution in [2.24, 2.45) is 0 Å². The molecule has 1 fully saturated rings. The molecule has 1 aliphatic heterocycles. The van der Waals surface area contributed by atoms with Crippen LogP contribution in [-0.2, 0) is 16.1 Å². The SMILES string of the molecule is COc1ccc2nnc(CNC(=O)[C@@H]3CCCCN3C(=O)OC(C)(C)C)n2n1. The Kier molecular flexibility index (Phi) is 5.66. The number of aromatic nitrogens is 4. The van der Waals surface area contributed by atoms with Gasteiger partial charge in [-0.05, 0) is 46.1 Å². The monoisotopic (exact) mass is 390 g/mol. The van der Waals surface area contributed by atoms with Crippen molar-refractivity contribution in [2.75, 3.05) is 13.7 Å². The van der Waals surface area contributed by atoms with Crippen LogP contribution in [-0.4, -0.2) is 62.0 Å². The average molecular weight is 390 g/mol. The van der Waals surface area contributed by atoms with Crippen molar-refractivity contribution in [3.8, 4) is 5.88 Å². The molecule has 1 N–H and O–H groups in total. The molecular formula is C18H26N6O4. The lowest BCUT2D eigenvalue weighted by atomic mass is 10.0. The number of nitrogens with zero attached hydrogens (tertiary/aromatic N) is 5.